The summed E-state index contributed by atoms with van der Waals surface area (Å²) in [6, 6.07) is 0.755. The molecule has 0 bridgehead atoms. The first kappa shape index (κ1) is 16.0. The Bertz CT molecular complexity index is 252. The van der Waals surface area contributed by atoms with Crippen LogP contribution >= 0.6 is 0 Å². The fourth-order valence-corrected chi connectivity index (χ4v) is 2.46. The summed E-state index contributed by atoms with van der Waals surface area (Å²) in [5.41, 5.74) is 0.599. The van der Waals surface area contributed by atoms with Gasteiger partial charge >= 0.3 is 0 Å². The van der Waals surface area contributed by atoms with E-state index in [-0.39, 0.29) is 5.54 Å². The van der Waals surface area contributed by atoms with Crippen LogP contribution in [0.5, 0.6) is 0 Å². The summed E-state index contributed by atoms with van der Waals surface area (Å²) in [5.74, 6) is 0.965. The van der Waals surface area contributed by atoms with Crippen LogP contribution in [-0.4, -0.2) is 36.6 Å². The summed E-state index contributed by atoms with van der Waals surface area (Å²) < 4.78 is 0. The summed E-state index contributed by atoms with van der Waals surface area (Å²) in [4.78, 5) is 2.57. The highest BCUT2D eigenvalue weighted by atomic mass is 15.1. The zero-order chi connectivity index (χ0) is 14.0. The molecule has 0 aliphatic heterocycles. The van der Waals surface area contributed by atoms with Gasteiger partial charge in [0.1, 0.15) is 0 Å². The van der Waals surface area contributed by atoms with Crippen LogP contribution in [0.3, 0.4) is 0 Å². The highest BCUT2D eigenvalue weighted by molar-refractivity contribution is 4.88. The maximum Gasteiger partial charge on any atom is 0.00967 e. The lowest BCUT2D eigenvalue weighted by atomic mass is 9.85. The first-order valence-electron chi connectivity index (χ1n) is 7.62. The SMILES string of the molecule is CCC(C)(CNC(C)(C)C)CN(C)C(C)C1CC1. The molecule has 2 unspecified atom stereocenters. The molecule has 0 heterocycles. The molecule has 1 aliphatic carbocycles. The Morgan fingerprint density at radius 3 is 2.17 bits per heavy atom. The predicted molar refractivity (Wildman–Crippen MR) is 81.0 cm³/mol. The van der Waals surface area contributed by atoms with Gasteiger partial charge in [0, 0.05) is 24.7 Å². The Balaban J connectivity index is 2.47. The fourth-order valence-electron chi connectivity index (χ4n) is 2.46. The summed E-state index contributed by atoms with van der Waals surface area (Å²) in [6.45, 7) is 16.2. The minimum absolute atomic E-state index is 0.219. The van der Waals surface area contributed by atoms with Crippen molar-refractivity contribution in [1.82, 2.24) is 10.2 Å². The molecule has 0 aromatic rings. The average molecular weight is 254 g/mol. The molecule has 0 saturated heterocycles. The van der Waals surface area contributed by atoms with Gasteiger partial charge in [-0.3, -0.25) is 0 Å². The molecule has 2 nitrogen and oxygen atoms in total. The van der Waals surface area contributed by atoms with Crippen molar-refractivity contribution in [2.24, 2.45) is 11.3 Å². The molecule has 0 radical (unpaired) electrons. The van der Waals surface area contributed by atoms with Crippen molar-refractivity contribution in [3.8, 4) is 0 Å². The first-order chi connectivity index (χ1) is 8.17. The third-order valence-electron chi connectivity index (χ3n) is 4.53. The second-order valence-electron chi connectivity index (χ2n) is 7.76. The number of nitrogens with one attached hydrogen (secondary N) is 1. The maximum atomic E-state index is 3.68. The molecule has 108 valence electrons. The third-order valence-corrected chi connectivity index (χ3v) is 4.53. The van der Waals surface area contributed by atoms with Gasteiger partial charge in [-0.2, -0.15) is 0 Å². The molecule has 1 N–H and O–H groups in total. The Labute approximate surface area is 115 Å². The second-order valence-corrected chi connectivity index (χ2v) is 7.76. The van der Waals surface area contributed by atoms with Gasteiger partial charge in [-0.25, -0.2) is 0 Å². The molecule has 1 fully saturated rings. The van der Waals surface area contributed by atoms with E-state index in [9.17, 15) is 0 Å². The van der Waals surface area contributed by atoms with Crippen LogP contribution in [0.2, 0.25) is 0 Å². The largest absolute Gasteiger partial charge is 0.311 e. The van der Waals surface area contributed by atoms with Gasteiger partial charge in [0.25, 0.3) is 0 Å². The topological polar surface area (TPSA) is 15.3 Å². The summed E-state index contributed by atoms with van der Waals surface area (Å²) in [7, 11) is 2.30. The number of nitrogens with zero attached hydrogens (tertiary/aromatic N) is 1. The molecular weight excluding hydrogens is 220 g/mol. The normalized spacial score (nSPS) is 22.0. The minimum atomic E-state index is 0.219. The van der Waals surface area contributed by atoms with Crippen LogP contribution in [0.1, 0.15) is 60.8 Å². The molecule has 0 aromatic heterocycles. The maximum absolute atomic E-state index is 3.68. The Morgan fingerprint density at radius 1 is 1.22 bits per heavy atom. The van der Waals surface area contributed by atoms with Crippen molar-refractivity contribution >= 4 is 0 Å². The van der Waals surface area contributed by atoms with Gasteiger partial charge in [0.15, 0.2) is 0 Å². The third kappa shape index (κ3) is 5.27. The molecule has 1 saturated carbocycles. The molecule has 0 aromatic carbocycles. The molecular formula is C16H34N2. The molecule has 2 atom stereocenters. The van der Waals surface area contributed by atoms with Crippen LogP contribution in [0.15, 0.2) is 0 Å². The number of rotatable bonds is 7. The molecule has 2 heteroatoms. The molecule has 1 aliphatic rings. The summed E-state index contributed by atoms with van der Waals surface area (Å²) in [5, 5.41) is 3.68. The fraction of sp³-hybridized carbons (Fsp3) is 1.00. The van der Waals surface area contributed by atoms with E-state index in [4.69, 9.17) is 0 Å². The predicted octanol–water partition coefficient (Wildman–Crippen LogP) is 3.52. The van der Waals surface area contributed by atoms with Crippen LogP contribution < -0.4 is 5.32 Å². The zero-order valence-corrected chi connectivity index (χ0v) is 13.6. The second kappa shape index (κ2) is 5.92. The Morgan fingerprint density at radius 2 is 1.78 bits per heavy atom. The lowest BCUT2D eigenvalue weighted by Crippen LogP contribution is -2.48. The van der Waals surface area contributed by atoms with Crippen molar-refractivity contribution in [1.29, 1.82) is 0 Å². The monoisotopic (exact) mass is 254 g/mol. The van der Waals surface area contributed by atoms with Crippen LogP contribution in [-0.2, 0) is 0 Å². The quantitative estimate of drug-likeness (QED) is 0.748. The van der Waals surface area contributed by atoms with Gasteiger partial charge in [-0.1, -0.05) is 13.8 Å². The van der Waals surface area contributed by atoms with E-state index < -0.39 is 0 Å². The Kier molecular flexibility index (Phi) is 5.25. The first-order valence-corrected chi connectivity index (χ1v) is 7.62. The van der Waals surface area contributed by atoms with Gasteiger partial charge in [-0.05, 0) is 65.3 Å². The van der Waals surface area contributed by atoms with E-state index in [0.717, 1.165) is 18.5 Å². The minimum Gasteiger partial charge on any atom is -0.311 e. The molecule has 18 heavy (non-hydrogen) atoms. The van der Waals surface area contributed by atoms with Crippen molar-refractivity contribution in [3.05, 3.63) is 0 Å². The highest BCUT2D eigenvalue weighted by Gasteiger charge is 2.33. The molecule has 0 spiro atoms. The van der Waals surface area contributed by atoms with Crippen LogP contribution in [0, 0.1) is 11.3 Å². The van der Waals surface area contributed by atoms with E-state index in [1.54, 1.807) is 0 Å². The number of hydrogen-bond acceptors (Lipinski definition) is 2. The van der Waals surface area contributed by atoms with Crippen LogP contribution in [0.4, 0.5) is 0 Å². The van der Waals surface area contributed by atoms with Gasteiger partial charge in [0.2, 0.25) is 0 Å². The standard InChI is InChI=1S/C16H34N2/c1-8-16(6,11-17-15(3,4)5)12-18(7)13(2)14-9-10-14/h13-14,17H,8-12H2,1-7H3. The van der Waals surface area contributed by atoms with Crippen molar-refractivity contribution in [2.75, 3.05) is 20.1 Å². The lowest BCUT2D eigenvalue weighted by Gasteiger charge is -2.38. The Hall–Kier alpha value is -0.0800. The van der Waals surface area contributed by atoms with Gasteiger partial charge in [-0.15, -0.1) is 0 Å². The van der Waals surface area contributed by atoms with Crippen molar-refractivity contribution in [2.45, 2.75) is 72.4 Å². The highest BCUT2D eigenvalue weighted by Crippen LogP contribution is 2.36. The van der Waals surface area contributed by atoms with Gasteiger partial charge in [0.05, 0.1) is 0 Å². The molecule has 1 rings (SSSR count). The van der Waals surface area contributed by atoms with E-state index >= 15 is 0 Å². The molecule has 0 amide bonds. The van der Waals surface area contributed by atoms with Gasteiger partial charge < -0.3 is 10.2 Å². The van der Waals surface area contributed by atoms with Crippen LogP contribution in [0.25, 0.3) is 0 Å². The summed E-state index contributed by atoms with van der Waals surface area (Å²) >= 11 is 0. The number of hydrogen-bond donors (Lipinski definition) is 1. The van der Waals surface area contributed by atoms with E-state index in [1.807, 2.05) is 0 Å². The zero-order valence-electron chi connectivity index (χ0n) is 13.6. The average Bonchev–Trinajstić information content (AvgIpc) is 3.08. The summed E-state index contributed by atoms with van der Waals surface area (Å²) in [6.07, 6.45) is 4.11. The van der Waals surface area contributed by atoms with E-state index in [2.05, 4.69) is 58.8 Å². The van der Waals surface area contributed by atoms with Crippen molar-refractivity contribution in [3.63, 3.8) is 0 Å². The smallest absolute Gasteiger partial charge is 0.00967 e. The van der Waals surface area contributed by atoms with E-state index in [1.165, 1.54) is 25.8 Å². The lowest BCUT2D eigenvalue weighted by molar-refractivity contribution is 0.130. The van der Waals surface area contributed by atoms with Crippen molar-refractivity contribution < 1.29 is 0 Å². The van der Waals surface area contributed by atoms with E-state index in [0.29, 0.717) is 5.41 Å².